The minimum absolute atomic E-state index is 0.0416. The minimum atomic E-state index is -0.383. The molecule has 0 saturated heterocycles. The second-order valence-corrected chi connectivity index (χ2v) is 7.32. The summed E-state index contributed by atoms with van der Waals surface area (Å²) in [7, 11) is 0. The van der Waals surface area contributed by atoms with E-state index in [1.807, 2.05) is 20.8 Å². The second kappa shape index (κ2) is 4.13. The molecule has 3 atom stereocenters. The quantitative estimate of drug-likeness (QED) is 0.668. The summed E-state index contributed by atoms with van der Waals surface area (Å²) in [5, 5.41) is 0. The number of ether oxygens (including phenoxy) is 1. The van der Waals surface area contributed by atoms with Crippen molar-refractivity contribution in [2.45, 2.75) is 39.2 Å². The Hall–Kier alpha value is 0.170. The van der Waals surface area contributed by atoms with Crippen molar-refractivity contribution in [1.82, 2.24) is 0 Å². The number of fused-ring (bicyclic) bond motifs is 2. The normalized spacial score (nSPS) is 33.4. The molecule has 0 aromatic heterocycles. The summed E-state index contributed by atoms with van der Waals surface area (Å²) in [6.07, 6.45) is 2.00. The van der Waals surface area contributed by atoms with Gasteiger partial charge in [-0.05, 0) is 39.5 Å². The molecular weight excluding hydrogens is 336 g/mol. The van der Waals surface area contributed by atoms with Gasteiger partial charge in [-0.2, -0.15) is 0 Å². The van der Waals surface area contributed by atoms with Gasteiger partial charge in [0.15, 0.2) is 0 Å². The third-order valence-electron chi connectivity index (χ3n) is 3.18. The van der Waals surface area contributed by atoms with Crippen molar-refractivity contribution in [3.05, 3.63) is 8.96 Å². The van der Waals surface area contributed by atoms with Crippen LogP contribution in [0.2, 0.25) is 0 Å². The fourth-order valence-corrected chi connectivity index (χ4v) is 4.03. The van der Waals surface area contributed by atoms with E-state index >= 15 is 0 Å². The average Bonchev–Trinajstić information content (AvgIpc) is 2.65. The lowest BCUT2D eigenvalue weighted by Crippen LogP contribution is -2.31. The molecule has 0 amide bonds. The van der Waals surface area contributed by atoms with Crippen LogP contribution in [0.25, 0.3) is 0 Å². The molecule has 2 aliphatic rings. The van der Waals surface area contributed by atoms with Crippen molar-refractivity contribution in [2.75, 3.05) is 0 Å². The van der Waals surface area contributed by atoms with Gasteiger partial charge in [0.25, 0.3) is 0 Å². The van der Waals surface area contributed by atoms with E-state index in [1.165, 1.54) is 8.96 Å². The van der Waals surface area contributed by atoms with E-state index in [2.05, 4.69) is 31.9 Å². The number of hydrogen-bond donors (Lipinski definition) is 0. The highest BCUT2D eigenvalue weighted by Gasteiger charge is 2.48. The van der Waals surface area contributed by atoms with Crippen molar-refractivity contribution < 1.29 is 9.53 Å². The van der Waals surface area contributed by atoms with Crippen LogP contribution in [0.5, 0.6) is 0 Å². The van der Waals surface area contributed by atoms with Gasteiger partial charge in [0.1, 0.15) is 5.60 Å². The van der Waals surface area contributed by atoms with Crippen LogP contribution in [0.1, 0.15) is 33.6 Å². The van der Waals surface area contributed by atoms with Crippen LogP contribution in [-0.2, 0) is 9.53 Å². The van der Waals surface area contributed by atoms with Crippen molar-refractivity contribution in [1.29, 1.82) is 0 Å². The van der Waals surface area contributed by atoms with Gasteiger partial charge in [0.2, 0.25) is 0 Å². The molecule has 0 N–H and O–H groups in total. The van der Waals surface area contributed by atoms with E-state index in [0.29, 0.717) is 11.8 Å². The molecule has 0 aromatic rings. The van der Waals surface area contributed by atoms with E-state index in [1.54, 1.807) is 0 Å². The van der Waals surface area contributed by atoms with Gasteiger partial charge < -0.3 is 4.74 Å². The summed E-state index contributed by atoms with van der Waals surface area (Å²) in [5.74, 6) is 0.836. The fraction of sp³-hybridized carbons (Fsp3) is 0.750. The zero-order chi connectivity index (χ0) is 12.1. The molecule has 0 aliphatic heterocycles. The Labute approximate surface area is 113 Å². The first-order valence-corrected chi connectivity index (χ1v) is 7.16. The van der Waals surface area contributed by atoms with Crippen molar-refractivity contribution in [2.24, 2.45) is 17.8 Å². The standard InChI is InChI=1S/C12H16Br2O2/c1-12(2,3)16-11(15)8-5-6-4-7(8)10(14)9(6)13/h6-8H,4-5H2,1-3H3. The topological polar surface area (TPSA) is 26.3 Å². The third kappa shape index (κ3) is 2.23. The number of carbonyl (C=O) groups is 1. The van der Waals surface area contributed by atoms with Gasteiger partial charge in [-0.3, -0.25) is 4.79 Å². The lowest BCUT2D eigenvalue weighted by Gasteiger charge is -2.26. The average molecular weight is 352 g/mol. The molecule has 0 aromatic carbocycles. The van der Waals surface area contributed by atoms with E-state index < -0.39 is 0 Å². The first-order chi connectivity index (χ1) is 7.29. The Kier molecular flexibility index (Phi) is 3.26. The Bertz CT molecular complexity index is 355. The zero-order valence-electron chi connectivity index (χ0n) is 9.72. The third-order valence-corrected chi connectivity index (χ3v) is 5.81. The van der Waals surface area contributed by atoms with Crippen LogP contribution in [-0.4, -0.2) is 11.6 Å². The molecule has 2 bridgehead atoms. The first kappa shape index (κ1) is 12.6. The largest absolute Gasteiger partial charge is 0.460 e. The summed E-state index contributed by atoms with van der Waals surface area (Å²) >= 11 is 7.15. The number of hydrogen-bond acceptors (Lipinski definition) is 2. The molecule has 3 unspecified atom stereocenters. The molecule has 2 aliphatic carbocycles. The van der Waals surface area contributed by atoms with Crippen LogP contribution in [0.3, 0.4) is 0 Å². The van der Waals surface area contributed by atoms with Crippen molar-refractivity contribution in [3.63, 3.8) is 0 Å². The van der Waals surface area contributed by atoms with Gasteiger partial charge in [-0.25, -0.2) is 0 Å². The van der Waals surface area contributed by atoms with Crippen molar-refractivity contribution in [3.8, 4) is 0 Å². The van der Waals surface area contributed by atoms with E-state index in [0.717, 1.165) is 12.8 Å². The Morgan fingerprint density at radius 2 is 1.88 bits per heavy atom. The van der Waals surface area contributed by atoms with E-state index in [4.69, 9.17) is 4.74 Å². The molecule has 0 heterocycles. The van der Waals surface area contributed by atoms with Crippen LogP contribution in [0.15, 0.2) is 8.96 Å². The van der Waals surface area contributed by atoms with Gasteiger partial charge in [0.05, 0.1) is 5.92 Å². The molecule has 1 saturated carbocycles. The number of carbonyl (C=O) groups excluding carboxylic acids is 1. The highest BCUT2D eigenvalue weighted by molar-refractivity contribution is 9.14. The maximum Gasteiger partial charge on any atom is 0.310 e. The first-order valence-electron chi connectivity index (χ1n) is 5.57. The summed E-state index contributed by atoms with van der Waals surface area (Å²) in [6.45, 7) is 5.75. The van der Waals surface area contributed by atoms with Crippen LogP contribution in [0.4, 0.5) is 0 Å². The maximum absolute atomic E-state index is 12.0. The van der Waals surface area contributed by atoms with Gasteiger partial charge >= 0.3 is 5.97 Å². The summed E-state index contributed by atoms with van der Waals surface area (Å²) in [6, 6.07) is 0. The molecule has 4 heteroatoms. The summed E-state index contributed by atoms with van der Waals surface area (Å²) < 4.78 is 7.87. The highest BCUT2D eigenvalue weighted by atomic mass is 79.9. The van der Waals surface area contributed by atoms with Gasteiger partial charge in [-0.1, -0.05) is 31.9 Å². The predicted octanol–water partition coefficient (Wildman–Crippen LogP) is 3.99. The Balaban J connectivity index is 2.08. The van der Waals surface area contributed by atoms with Crippen LogP contribution < -0.4 is 0 Å². The van der Waals surface area contributed by atoms with Crippen LogP contribution in [0, 0.1) is 17.8 Å². The van der Waals surface area contributed by atoms with Crippen molar-refractivity contribution >= 4 is 37.8 Å². The van der Waals surface area contributed by atoms with E-state index in [-0.39, 0.29) is 17.5 Å². The summed E-state index contributed by atoms with van der Waals surface area (Å²) in [5.41, 5.74) is -0.383. The molecule has 2 nitrogen and oxygen atoms in total. The molecule has 2 rings (SSSR count). The minimum Gasteiger partial charge on any atom is -0.460 e. The number of allylic oxidation sites excluding steroid dienone is 2. The van der Waals surface area contributed by atoms with E-state index in [9.17, 15) is 4.79 Å². The monoisotopic (exact) mass is 350 g/mol. The molecule has 16 heavy (non-hydrogen) atoms. The number of rotatable bonds is 1. The second-order valence-electron chi connectivity index (χ2n) is 5.61. The Morgan fingerprint density at radius 1 is 1.25 bits per heavy atom. The fourth-order valence-electron chi connectivity index (χ4n) is 2.53. The van der Waals surface area contributed by atoms with Gasteiger partial charge in [-0.15, -0.1) is 0 Å². The number of esters is 1. The highest BCUT2D eigenvalue weighted by Crippen LogP contribution is 2.56. The lowest BCUT2D eigenvalue weighted by molar-refractivity contribution is -0.160. The SMILES string of the molecule is CC(C)(C)OC(=O)C1CC2CC1C(Br)=C2Br. The summed E-state index contributed by atoms with van der Waals surface area (Å²) in [4.78, 5) is 12.0. The smallest absolute Gasteiger partial charge is 0.310 e. The predicted molar refractivity (Wildman–Crippen MR) is 70.4 cm³/mol. The molecule has 0 spiro atoms. The molecule has 1 fully saturated rings. The molecule has 0 radical (unpaired) electrons. The molecular formula is C12H16Br2O2. The zero-order valence-corrected chi connectivity index (χ0v) is 12.9. The van der Waals surface area contributed by atoms with Crippen LogP contribution >= 0.6 is 31.9 Å². The lowest BCUT2D eigenvalue weighted by atomic mass is 9.93. The molecule has 90 valence electrons. The number of halogens is 2. The maximum atomic E-state index is 12.0. The van der Waals surface area contributed by atoms with Gasteiger partial charge in [0, 0.05) is 14.9 Å². The Morgan fingerprint density at radius 3 is 2.31 bits per heavy atom.